The van der Waals surface area contributed by atoms with E-state index < -0.39 is 5.97 Å². The molecule has 0 saturated heterocycles. The maximum atomic E-state index is 10.6. The van der Waals surface area contributed by atoms with Crippen LogP contribution in [0.15, 0.2) is 24.4 Å². The minimum atomic E-state index is -0.446. The van der Waals surface area contributed by atoms with Crippen molar-refractivity contribution in [3.8, 4) is 0 Å². The molecule has 0 aliphatic carbocycles. The number of hydrogen-bond acceptors (Lipinski definition) is 3. The van der Waals surface area contributed by atoms with Gasteiger partial charge in [0.2, 0.25) is 0 Å². The summed E-state index contributed by atoms with van der Waals surface area (Å²) in [5.41, 5.74) is 0.367. The second kappa shape index (κ2) is 1.93. The van der Waals surface area contributed by atoms with E-state index in [2.05, 4.69) is 16.1 Å². The van der Waals surface area contributed by atoms with Crippen molar-refractivity contribution in [3.63, 3.8) is 0 Å². The molecule has 48 valence electrons. The van der Waals surface area contributed by atoms with Crippen molar-refractivity contribution in [2.24, 2.45) is 0 Å². The van der Waals surface area contributed by atoms with Gasteiger partial charge >= 0.3 is 11.9 Å². The van der Waals surface area contributed by atoms with Crippen LogP contribution in [0.3, 0.4) is 0 Å². The molecule has 0 N–H and O–H groups in total. The molecule has 1 heterocycles. The third-order valence-electron chi connectivity index (χ3n) is 0.756. The number of carbonyl (C=O) groups excluding carboxylic acids is 1. The summed E-state index contributed by atoms with van der Waals surface area (Å²) in [5, 5.41) is 0. The molecule has 9 heavy (non-hydrogen) atoms. The van der Waals surface area contributed by atoms with Gasteiger partial charge in [-0.25, -0.2) is 4.79 Å². The van der Waals surface area contributed by atoms with Crippen molar-refractivity contribution < 1.29 is 14.3 Å². The topological polar surface area (TPSA) is 38.8 Å². The Morgan fingerprint density at radius 3 is 2.78 bits per heavy atom. The Hall–Kier alpha value is -1.25. The Kier molecular flexibility index (Phi) is 1.26. The van der Waals surface area contributed by atoms with E-state index in [-0.39, 0.29) is 5.95 Å². The van der Waals surface area contributed by atoms with Gasteiger partial charge in [0.15, 0.2) is 6.26 Å². The van der Waals surface area contributed by atoms with Gasteiger partial charge in [0.25, 0.3) is 0 Å². The second-order valence-corrected chi connectivity index (χ2v) is 1.72. The lowest BCUT2D eigenvalue weighted by Crippen LogP contribution is -2.00. The zero-order valence-electron chi connectivity index (χ0n) is 5.01. The van der Waals surface area contributed by atoms with E-state index in [1.54, 1.807) is 6.92 Å². The molecule has 0 saturated carbocycles. The lowest BCUT2D eigenvalue weighted by Gasteiger charge is -1.92. The molecule has 0 amide bonds. The molecular weight excluding hydrogens is 120 g/mol. The maximum absolute atomic E-state index is 10.6. The summed E-state index contributed by atoms with van der Waals surface area (Å²) in [6.45, 7) is 4.95. The van der Waals surface area contributed by atoms with Crippen LogP contribution in [0, 0.1) is 0 Å². The molecular formula is C6H6O3. The summed E-state index contributed by atoms with van der Waals surface area (Å²) in [7, 11) is 0. The van der Waals surface area contributed by atoms with Gasteiger partial charge in [-0.2, -0.15) is 0 Å². The number of rotatable bonds is 2. The smallest absolute Gasteiger partial charge is 0.340 e. The monoisotopic (exact) mass is 126 g/mol. The molecule has 0 aromatic carbocycles. The second-order valence-electron chi connectivity index (χ2n) is 1.72. The molecule has 0 atom stereocenters. The Morgan fingerprint density at radius 1 is 1.89 bits per heavy atom. The van der Waals surface area contributed by atoms with Gasteiger partial charge in [-0.05, 0) is 6.92 Å². The predicted molar refractivity (Wildman–Crippen MR) is 30.1 cm³/mol. The molecule has 1 aliphatic heterocycles. The normalized spacial score (nSPS) is 13.2. The molecule has 0 bridgehead atoms. The van der Waals surface area contributed by atoms with Gasteiger partial charge in [-0.15, -0.1) is 0 Å². The van der Waals surface area contributed by atoms with Crippen molar-refractivity contribution in [2.75, 3.05) is 0 Å². The lowest BCUT2D eigenvalue weighted by molar-refractivity contribution is -0.136. The third-order valence-corrected chi connectivity index (χ3v) is 0.756. The van der Waals surface area contributed by atoms with Gasteiger partial charge < -0.3 is 9.47 Å². The van der Waals surface area contributed by atoms with Crippen LogP contribution in [0.25, 0.3) is 0 Å². The summed E-state index contributed by atoms with van der Waals surface area (Å²) in [5.74, 6) is -0.179. The fourth-order valence-electron chi connectivity index (χ4n) is 0.251. The molecule has 0 aromatic rings. The van der Waals surface area contributed by atoms with Crippen LogP contribution in [-0.2, 0) is 14.3 Å². The highest BCUT2D eigenvalue weighted by molar-refractivity contribution is 5.87. The Labute approximate surface area is 52.6 Å². The third kappa shape index (κ3) is 1.60. The van der Waals surface area contributed by atoms with E-state index in [4.69, 9.17) is 0 Å². The fourth-order valence-corrected chi connectivity index (χ4v) is 0.251. The van der Waals surface area contributed by atoms with E-state index in [1.807, 2.05) is 0 Å². The Balaban J connectivity index is 2.34. The average Bonchev–Trinajstić information content (AvgIpc) is 2.50. The molecule has 1 aliphatic rings. The summed E-state index contributed by atoms with van der Waals surface area (Å²) in [6, 6.07) is 0. The molecule has 0 radical (unpaired) electrons. The van der Waals surface area contributed by atoms with Gasteiger partial charge in [0.1, 0.15) is 0 Å². The molecule has 1 rings (SSSR count). The first-order valence-electron chi connectivity index (χ1n) is 2.44. The van der Waals surface area contributed by atoms with Crippen molar-refractivity contribution in [1.82, 2.24) is 0 Å². The Morgan fingerprint density at radius 2 is 2.44 bits per heavy atom. The van der Waals surface area contributed by atoms with Crippen LogP contribution < -0.4 is 0 Å². The highest BCUT2D eigenvalue weighted by Gasteiger charge is 2.16. The minimum absolute atomic E-state index is 0.267. The summed E-state index contributed by atoms with van der Waals surface area (Å²) >= 11 is 0. The fraction of sp³-hybridized carbons (Fsp3) is 0.167. The van der Waals surface area contributed by atoms with Crippen LogP contribution in [0.5, 0.6) is 0 Å². The van der Waals surface area contributed by atoms with Crippen LogP contribution in [-0.4, -0.2) is 5.97 Å². The van der Waals surface area contributed by atoms with Crippen molar-refractivity contribution >= 4 is 5.97 Å². The van der Waals surface area contributed by atoms with Gasteiger partial charge in [0, 0.05) is 5.57 Å². The van der Waals surface area contributed by atoms with Crippen LogP contribution in [0.1, 0.15) is 6.92 Å². The van der Waals surface area contributed by atoms with E-state index in [9.17, 15) is 4.79 Å². The van der Waals surface area contributed by atoms with Gasteiger partial charge in [0.05, 0.1) is 0 Å². The molecule has 0 fully saturated rings. The van der Waals surface area contributed by atoms with E-state index in [1.165, 1.54) is 6.26 Å². The molecule has 0 spiro atoms. The minimum Gasteiger partial charge on any atom is -0.424 e. The SMILES string of the molecule is C=C(C)C(=O)OC1=CO1. The number of hydrogen-bond donors (Lipinski definition) is 0. The van der Waals surface area contributed by atoms with Crippen LogP contribution in [0.4, 0.5) is 0 Å². The van der Waals surface area contributed by atoms with Crippen LogP contribution in [0.2, 0.25) is 0 Å². The number of esters is 1. The van der Waals surface area contributed by atoms with Gasteiger partial charge in [-0.1, -0.05) is 6.58 Å². The standard InChI is InChI=1S/C6H6O3/c1-4(2)6(7)9-5-3-8-5/h3H,1H2,2H3. The number of ether oxygens (including phenoxy) is 2. The zero-order chi connectivity index (χ0) is 6.85. The zero-order valence-corrected chi connectivity index (χ0v) is 5.01. The highest BCUT2D eigenvalue weighted by Crippen LogP contribution is 2.15. The first-order valence-corrected chi connectivity index (χ1v) is 2.44. The maximum Gasteiger partial charge on any atom is 0.340 e. The highest BCUT2D eigenvalue weighted by atomic mass is 16.7. The lowest BCUT2D eigenvalue weighted by atomic mass is 10.4. The summed E-state index contributed by atoms with van der Waals surface area (Å²) in [6.07, 6.45) is 1.35. The van der Waals surface area contributed by atoms with Gasteiger partial charge in [-0.3, -0.25) is 0 Å². The quantitative estimate of drug-likeness (QED) is 0.408. The van der Waals surface area contributed by atoms with E-state index in [0.717, 1.165) is 0 Å². The number of carbonyl (C=O) groups is 1. The summed E-state index contributed by atoms with van der Waals surface area (Å²) < 4.78 is 8.96. The molecule has 0 unspecified atom stereocenters. The largest absolute Gasteiger partial charge is 0.424 e. The molecule has 3 nitrogen and oxygen atoms in total. The van der Waals surface area contributed by atoms with E-state index in [0.29, 0.717) is 5.57 Å². The van der Waals surface area contributed by atoms with Crippen molar-refractivity contribution in [3.05, 3.63) is 24.4 Å². The molecule has 0 aromatic heterocycles. The van der Waals surface area contributed by atoms with Crippen molar-refractivity contribution in [1.29, 1.82) is 0 Å². The van der Waals surface area contributed by atoms with Crippen LogP contribution >= 0.6 is 0 Å². The predicted octanol–water partition coefficient (Wildman–Crippen LogP) is 0.935. The molecule has 3 heteroatoms. The summed E-state index contributed by atoms with van der Waals surface area (Å²) in [4.78, 5) is 10.6. The van der Waals surface area contributed by atoms with E-state index >= 15 is 0 Å². The first kappa shape index (κ1) is 5.88. The first-order chi connectivity index (χ1) is 4.20. The average molecular weight is 126 g/mol. The Bertz CT molecular complexity index is 190. The van der Waals surface area contributed by atoms with Crippen molar-refractivity contribution in [2.45, 2.75) is 6.92 Å².